The van der Waals surface area contributed by atoms with E-state index in [1.807, 2.05) is 0 Å². The van der Waals surface area contributed by atoms with Gasteiger partial charge in [-0.2, -0.15) is 0 Å². The quantitative estimate of drug-likeness (QED) is 0.896. The monoisotopic (exact) mass is 331 g/mol. The van der Waals surface area contributed by atoms with E-state index >= 15 is 0 Å². The van der Waals surface area contributed by atoms with Crippen molar-refractivity contribution in [3.05, 3.63) is 23.8 Å². The van der Waals surface area contributed by atoms with Gasteiger partial charge in [-0.05, 0) is 37.4 Å². The fraction of sp³-hybridized carbons (Fsp3) is 0.571. The second kappa shape index (κ2) is 6.06. The minimum Gasteiger partial charge on any atom is -0.314 e. The van der Waals surface area contributed by atoms with Crippen LogP contribution in [-0.2, 0) is 26.1 Å². The Balaban J connectivity index is 2.50. The maximum absolute atomic E-state index is 12.1. The molecule has 0 aliphatic carbocycles. The normalized spacial score (nSPS) is 20.4. The van der Waals surface area contributed by atoms with Gasteiger partial charge in [0.2, 0.25) is 0 Å². The van der Waals surface area contributed by atoms with Gasteiger partial charge < -0.3 is 5.32 Å². The lowest BCUT2D eigenvalue weighted by atomic mass is 9.98. The van der Waals surface area contributed by atoms with Gasteiger partial charge in [0.25, 0.3) is 0 Å². The molecule has 5 nitrogen and oxygen atoms in total. The average Bonchev–Trinajstić information content (AvgIpc) is 2.37. The van der Waals surface area contributed by atoms with Gasteiger partial charge in [-0.3, -0.25) is 0 Å². The van der Waals surface area contributed by atoms with Crippen molar-refractivity contribution in [3.63, 3.8) is 0 Å². The van der Waals surface area contributed by atoms with Crippen LogP contribution in [0.25, 0.3) is 0 Å². The first-order valence-corrected chi connectivity index (χ1v) is 10.7. The van der Waals surface area contributed by atoms with E-state index in [2.05, 4.69) is 5.32 Å². The van der Waals surface area contributed by atoms with Crippen molar-refractivity contribution >= 4 is 19.7 Å². The molecule has 1 aliphatic heterocycles. The molecule has 2 rings (SSSR count). The Morgan fingerprint density at radius 3 is 2.33 bits per heavy atom. The Morgan fingerprint density at radius 1 is 1.10 bits per heavy atom. The first kappa shape index (κ1) is 16.5. The highest BCUT2D eigenvalue weighted by Crippen LogP contribution is 2.27. The zero-order chi connectivity index (χ0) is 15.7. The van der Waals surface area contributed by atoms with E-state index in [9.17, 15) is 16.8 Å². The summed E-state index contributed by atoms with van der Waals surface area (Å²) in [5.74, 6) is 0. The van der Waals surface area contributed by atoms with Gasteiger partial charge in [0.15, 0.2) is 19.7 Å². The number of benzene rings is 1. The molecule has 1 heterocycles. The largest absolute Gasteiger partial charge is 0.314 e. The molecule has 1 aromatic rings. The Labute approximate surface area is 126 Å². The lowest BCUT2D eigenvalue weighted by Gasteiger charge is -2.24. The smallest absolute Gasteiger partial charge is 0.177 e. The van der Waals surface area contributed by atoms with Crippen LogP contribution in [0.2, 0.25) is 0 Å². The van der Waals surface area contributed by atoms with Crippen molar-refractivity contribution < 1.29 is 16.8 Å². The van der Waals surface area contributed by atoms with Crippen LogP contribution in [0.15, 0.2) is 28.0 Å². The van der Waals surface area contributed by atoms with Crippen LogP contribution in [0.1, 0.15) is 24.8 Å². The Bertz CT molecular complexity index is 717. The minimum atomic E-state index is -3.60. The fourth-order valence-electron chi connectivity index (χ4n) is 2.80. The van der Waals surface area contributed by atoms with Gasteiger partial charge in [-0.25, -0.2) is 16.8 Å². The molecule has 21 heavy (non-hydrogen) atoms. The molecule has 7 heteroatoms. The fourth-order valence-corrected chi connectivity index (χ4v) is 5.56. The van der Waals surface area contributed by atoms with E-state index in [4.69, 9.17) is 0 Å². The maximum atomic E-state index is 12.1. The van der Waals surface area contributed by atoms with Crippen molar-refractivity contribution in [2.24, 2.45) is 0 Å². The molecular formula is C14H21NO4S2. The van der Waals surface area contributed by atoms with Crippen molar-refractivity contribution in [1.82, 2.24) is 5.32 Å². The third-order valence-electron chi connectivity index (χ3n) is 3.71. The van der Waals surface area contributed by atoms with Gasteiger partial charge in [-0.15, -0.1) is 0 Å². The molecule has 1 unspecified atom stereocenters. The summed E-state index contributed by atoms with van der Waals surface area (Å²) in [6.07, 6.45) is 5.85. The van der Waals surface area contributed by atoms with Crippen molar-refractivity contribution in [1.29, 1.82) is 0 Å². The number of hydrogen-bond donors (Lipinski definition) is 1. The van der Waals surface area contributed by atoms with Crippen LogP contribution in [0.4, 0.5) is 0 Å². The maximum Gasteiger partial charge on any atom is 0.177 e. The average molecular weight is 331 g/mol. The highest BCUT2D eigenvalue weighted by Gasteiger charge is 2.25. The molecule has 0 amide bonds. The molecule has 0 saturated carbocycles. The Hall–Kier alpha value is -0.920. The number of rotatable bonds is 4. The molecule has 0 aromatic heterocycles. The molecular weight excluding hydrogens is 310 g/mol. The van der Waals surface area contributed by atoms with Crippen LogP contribution in [0, 0.1) is 0 Å². The highest BCUT2D eigenvalue weighted by molar-refractivity contribution is 7.93. The molecule has 1 fully saturated rings. The van der Waals surface area contributed by atoms with E-state index in [1.54, 1.807) is 12.1 Å². The van der Waals surface area contributed by atoms with Crippen LogP contribution in [-0.4, -0.2) is 41.9 Å². The Morgan fingerprint density at radius 2 is 1.81 bits per heavy atom. The third kappa shape index (κ3) is 4.05. The Kier molecular flexibility index (Phi) is 4.75. The SMILES string of the molecule is CS(=O)(=O)c1cccc(CC2CCCCN2)c1S(C)(=O)=O. The summed E-state index contributed by atoms with van der Waals surface area (Å²) < 4.78 is 47.9. The zero-order valence-electron chi connectivity index (χ0n) is 12.3. The summed E-state index contributed by atoms with van der Waals surface area (Å²) in [5, 5.41) is 3.36. The summed E-state index contributed by atoms with van der Waals surface area (Å²) in [4.78, 5) is -0.141. The van der Waals surface area contributed by atoms with E-state index in [1.165, 1.54) is 6.07 Å². The molecule has 0 bridgehead atoms. The summed E-state index contributed by atoms with van der Waals surface area (Å²) in [6.45, 7) is 0.921. The van der Waals surface area contributed by atoms with E-state index in [-0.39, 0.29) is 15.8 Å². The number of hydrogen-bond acceptors (Lipinski definition) is 5. The van der Waals surface area contributed by atoms with E-state index in [0.29, 0.717) is 12.0 Å². The van der Waals surface area contributed by atoms with Crippen molar-refractivity contribution in [2.45, 2.75) is 41.5 Å². The number of piperidine rings is 1. The van der Waals surface area contributed by atoms with Gasteiger partial charge in [-0.1, -0.05) is 18.6 Å². The van der Waals surface area contributed by atoms with Gasteiger partial charge in [0.1, 0.15) is 0 Å². The second-order valence-electron chi connectivity index (χ2n) is 5.64. The van der Waals surface area contributed by atoms with Crippen LogP contribution < -0.4 is 5.32 Å². The summed E-state index contributed by atoms with van der Waals surface area (Å²) in [5.41, 5.74) is 0.583. The molecule has 1 N–H and O–H groups in total. The highest BCUT2D eigenvalue weighted by atomic mass is 32.2. The lowest BCUT2D eigenvalue weighted by molar-refractivity contribution is 0.397. The number of sulfone groups is 2. The van der Waals surface area contributed by atoms with Crippen molar-refractivity contribution in [3.8, 4) is 0 Å². The molecule has 1 aromatic carbocycles. The molecule has 1 aliphatic rings. The standard InChI is InChI=1S/C14H21NO4S2/c1-20(16,17)13-8-5-6-11(14(13)21(2,18)19)10-12-7-3-4-9-15-12/h5-6,8,12,15H,3-4,7,9-10H2,1-2H3. The topological polar surface area (TPSA) is 80.3 Å². The van der Waals surface area contributed by atoms with Crippen LogP contribution >= 0.6 is 0 Å². The lowest BCUT2D eigenvalue weighted by Crippen LogP contribution is -2.36. The van der Waals surface area contributed by atoms with Gasteiger partial charge in [0.05, 0.1) is 9.79 Å². The predicted molar refractivity (Wildman–Crippen MR) is 82.0 cm³/mol. The number of nitrogens with one attached hydrogen (secondary N) is 1. The molecule has 1 saturated heterocycles. The summed E-state index contributed by atoms with van der Waals surface area (Å²) in [7, 11) is -7.18. The predicted octanol–water partition coefficient (Wildman–Crippen LogP) is 1.18. The second-order valence-corrected chi connectivity index (χ2v) is 9.58. The van der Waals surface area contributed by atoms with E-state index in [0.717, 1.165) is 38.3 Å². The van der Waals surface area contributed by atoms with E-state index < -0.39 is 19.7 Å². The summed E-state index contributed by atoms with van der Waals surface area (Å²) >= 11 is 0. The van der Waals surface area contributed by atoms with Crippen molar-refractivity contribution in [2.75, 3.05) is 19.1 Å². The van der Waals surface area contributed by atoms with Crippen LogP contribution in [0.5, 0.6) is 0 Å². The minimum absolute atomic E-state index is 0.0418. The molecule has 118 valence electrons. The first-order chi connectivity index (χ1) is 9.69. The van der Waals surface area contributed by atoms with Gasteiger partial charge in [0, 0.05) is 18.6 Å². The van der Waals surface area contributed by atoms with Gasteiger partial charge >= 0.3 is 0 Å². The molecule has 0 radical (unpaired) electrons. The van der Waals surface area contributed by atoms with Crippen LogP contribution in [0.3, 0.4) is 0 Å². The summed E-state index contributed by atoms with van der Waals surface area (Å²) in [6, 6.07) is 4.89. The molecule has 0 spiro atoms. The third-order valence-corrected chi connectivity index (χ3v) is 6.20. The first-order valence-electron chi connectivity index (χ1n) is 6.95. The molecule has 1 atom stereocenters. The zero-order valence-corrected chi connectivity index (χ0v) is 13.9.